The summed E-state index contributed by atoms with van der Waals surface area (Å²) in [6.45, 7) is 1.12. The second kappa shape index (κ2) is 8.30. The SMILES string of the molecule is Cn1nc(C2CCN(C(=O)c3cnc(-c4ccccc4)o3)CC2)n(-c2ccccc2)c1=O. The number of piperidine rings is 1. The van der Waals surface area contributed by atoms with Crippen molar-refractivity contribution in [2.24, 2.45) is 7.05 Å². The number of oxazole rings is 1. The quantitative estimate of drug-likeness (QED) is 0.497. The van der Waals surface area contributed by atoms with Crippen molar-refractivity contribution in [2.75, 3.05) is 13.1 Å². The van der Waals surface area contributed by atoms with Gasteiger partial charge in [-0.15, -0.1) is 0 Å². The summed E-state index contributed by atoms with van der Waals surface area (Å²) in [4.78, 5) is 31.7. The second-order valence-electron chi connectivity index (χ2n) is 7.90. The average molecular weight is 429 g/mol. The molecular formula is C24H23N5O3. The Morgan fingerprint density at radius 3 is 2.34 bits per heavy atom. The van der Waals surface area contributed by atoms with Crippen LogP contribution in [-0.4, -0.2) is 43.2 Å². The predicted octanol–water partition coefficient (Wildman–Crippen LogP) is 3.25. The number of benzene rings is 2. The molecule has 8 heteroatoms. The van der Waals surface area contributed by atoms with E-state index in [1.54, 1.807) is 16.5 Å². The highest BCUT2D eigenvalue weighted by Gasteiger charge is 2.30. The number of carbonyl (C=O) groups excluding carboxylic acids is 1. The van der Waals surface area contributed by atoms with E-state index in [4.69, 9.17) is 4.42 Å². The van der Waals surface area contributed by atoms with Crippen molar-refractivity contribution in [3.63, 3.8) is 0 Å². The molecular weight excluding hydrogens is 406 g/mol. The van der Waals surface area contributed by atoms with Gasteiger partial charge in [-0.05, 0) is 37.1 Å². The number of aryl methyl sites for hydroxylation is 1. The van der Waals surface area contributed by atoms with Gasteiger partial charge in [-0.3, -0.25) is 4.79 Å². The zero-order valence-electron chi connectivity index (χ0n) is 17.7. The monoisotopic (exact) mass is 429 g/mol. The molecule has 1 saturated heterocycles. The number of likely N-dealkylation sites (tertiary alicyclic amines) is 1. The Labute approximate surface area is 184 Å². The largest absolute Gasteiger partial charge is 0.431 e. The molecule has 0 N–H and O–H groups in total. The van der Waals surface area contributed by atoms with Crippen molar-refractivity contribution >= 4 is 5.91 Å². The molecule has 1 amide bonds. The Balaban J connectivity index is 1.31. The van der Waals surface area contributed by atoms with E-state index in [1.165, 1.54) is 10.9 Å². The van der Waals surface area contributed by atoms with Crippen molar-refractivity contribution < 1.29 is 9.21 Å². The minimum absolute atomic E-state index is 0.0859. The smallest absolute Gasteiger partial charge is 0.350 e. The summed E-state index contributed by atoms with van der Waals surface area (Å²) >= 11 is 0. The Kier molecular flexibility index (Phi) is 5.18. The molecule has 1 aliphatic heterocycles. The van der Waals surface area contributed by atoms with E-state index < -0.39 is 0 Å². The van der Waals surface area contributed by atoms with Crippen LogP contribution < -0.4 is 5.69 Å². The number of aromatic nitrogens is 4. The molecule has 0 radical (unpaired) electrons. The van der Waals surface area contributed by atoms with E-state index in [0.29, 0.717) is 31.8 Å². The van der Waals surface area contributed by atoms with E-state index in [2.05, 4.69) is 10.1 Å². The molecule has 2 aromatic carbocycles. The maximum atomic E-state index is 13.0. The van der Waals surface area contributed by atoms with Gasteiger partial charge in [0.15, 0.2) is 0 Å². The molecule has 2 aromatic heterocycles. The molecule has 0 unspecified atom stereocenters. The van der Waals surface area contributed by atoms with Crippen molar-refractivity contribution in [1.82, 2.24) is 24.2 Å². The van der Waals surface area contributed by atoms with Gasteiger partial charge in [0.1, 0.15) is 5.82 Å². The van der Waals surface area contributed by atoms with E-state index in [9.17, 15) is 9.59 Å². The summed E-state index contributed by atoms with van der Waals surface area (Å²) < 4.78 is 8.77. The highest BCUT2D eigenvalue weighted by molar-refractivity contribution is 5.91. The van der Waals surface area contributed by atoms with Crippen LogP contribution >= 0.6 is 0 Å². The highest BCUT2D eigenvalue weighted by Crippen LogP contribution is 2.29. The molecule has 5 rings (SSSR count). The number of hydrogen-bond acceptors (Lipinski definition) is 5. The van der Waals surface area contributed by atoms with Crippen LogP contribution in [0.4, 0.5) is 0 Å². The summed E-state index contributed by atoms with van der Waals surface area (Å²) in [7, 11) is 1.66. The fourth-order valence-electron chi connectivity index (χ4n) is 4.15. The third-order valence-corrected chi connectivity index (χ3v) is 5.85. The number of nitrogens with zero attached hydrogens (tertiary/aromatic N) is 5. The minimum Gasteiger partial charge on any atom is -0.431 e. The number of amides is 1. The Bertz CT molecular complexity index is 1280. The van der Waals surface area contributed by atoms with Crippen molar-refractivity contribution in [3.05, 3.63) is 88.9 Å². The second-order valence-corrected chi connectivity index (χ2v) is 7.90. The van der Waals surface area contributed by atoms with Crippen LogP contribution in [-0.2, 0) is 7.05 Å². The fourth-order valence-corrected chi connectivity index (χ4v) is 4.15. The Morgan fingerprint density at radius 1 is 1.00 bits per heavy atom. The molecule has 162 valence electrons. The molecule has 1 fully saturated rings. The summed E-state index contributed by atoms with van der Waals surface area (Å²) in [5, 5.41) is 4.51. The van der Waals surface area contributed by atoms with Crippen LogP contribution in [0.5, 0.6) is 0 Å². The standard InChI is InChI=1S/C24H23N5O3/c1-27-24(31)29(19-10-6-3-7-11-19)21(26-27)17-12-14-28(15-13-17)23(30)20-16-25-22(32-20)18-8-4-2-5-9-18/h2-11,16-17H,12-15H2,1H3. The van der Waals surface area contributed by atoms with Gasteiger partial charge in [0.2, 0.25) is 11.7 Å². The number of rotatable bonds is 4. The van der Waals surface area contributed by atoms with Crippen molar-refractivity contribution in [2.45, 2.75) is 18.8 Å². The molecule has 1 aliphatic rings. The fraction of sp³-hybridized carbons (Fsp3) is 0.250. The first-order chi connectivity index (χ1) is 15.6. The lowest BCUT2D eigenvalue weighted by Gasteiger charge is -2.31. The van der Waals surface area contributed by atoms with E-state index >= 15 is 0 Å². The lowest BCUT2D eigenvalue weighted by atomic mass is 9.95. The lowest BCUT2D eigenvalue weighted by molar-refractivity contribution is 0.0679. The highest BCUT2D eigenvalue weighted by atomic mass is 16.4. The Morgan fingerprint density at radius 2 is 1.66 bits per heavy atom. The molecule has 0 spiro atoms. The summed E-state index contributed by atoms with van der Waals surface area (Å²) in [5.74, 6) is 1.33. The van der Waals surface area contributed by atoms with Crippen LogP contribution in [0.2, 0.25) is 0 Å². The summed E-state index contributed by atoms with van der Waals surface area (Å²) in [6, 6.07) is 19.0. The molecule has 32 heavy (non-hydrogen) atoms. The van der Waals surface area contributed by atoms with Gasteiger partial charge in [-0.2, -0.15) is 5.10 Å². The number of para-hydroxylation sites is 1. The molecule has 3 heterocycles. The topological polar surface area (TPSA) is 86.2 Å². The lowest BCUT2D eigenvalue weighted by Crippen LogP contribution is -2.38. The third kappa shape index (κ3) is 3.64. The molecule has 0 bridgehead atoms. The summed E-state index contributed by atoms with van der Waals surface area (Å²) in [6.07, 6.45) is 2.92. The van der Waals surface area contributed by atoms with Crippen LogP contribution in [0.15, 0.2) is 76.1 Å². The minimum atomic E-state index is -0.167. The van der Waals surface area contributed by atoms with Crippen LogP contribution in [0.25, 0.3) is 17.1 Å². The maximum Gasteiger partial charge on any atom is 0.350 e. The normalized spacial score (nSPS) is 14.6. The Hall–Kier alpha value is -3.94. The van der Waals surface area contributed by atoms with Crippen LogP contribution in [0, 0.1) is 0 Å². The predicted molar refractivity (Wildman–Crippen MR) is 119 cm³/mol. The van der Waals surface area contributed by atoms with E-state index in [-0.39, 0.29) is 23.3 Å². The van der Waals surface area contributed by atoms with E-state index in [1.807, 2.05) is 60.7 Å². The number of hydrogen-bond donors (Lipinski definition) is 0. The van der Waals surface area contributed by atoms with Gasteiger partial charge in [0.25, 0.3) is 5.91 Å². The average Bonchev–Trinajstić information content (AvgIpc) is 3.45. The zero-order chi connectivity index (χ0) is 22.1. The van der Waals surface area contributed by atoms with Gasteiger partial charge in [0.05, 0.1) is 11.9 Å². The van der Waals surface area contributed by atoms with Gasteiger partial charge >= 0.3 is 5.69 Å². The molecule has 0 aliphatic carbocycles. The first-order valence-electron chi connectivity index (χ1n) is 10.6. The third-order valence-electron chi connectivity index (χ3n) is 5.85. The molecule has 0 saturated carbocycles. The van der Waals surface area contributed by atoms with Crippen molar-refractivity contribution in [3.8, 4) is 17.1 Å². The molecule has 0 atom stereocenters. The van der Waals surface area contributed by atoms with Crippen LogP contribution in [0.1, 0.15) is 35.1 Å². The van der Waals surface area contributed by atoms with E-state index in [0.717, 1.165) is 17.1 Å². The summed E-state index contributed by atoms with van der Waals surface area (Å²) in [5.41, 5.74) is 1.47. The van der Waals surface area contributed by atoms with Gasteiger partial charge in [0, 0.05) is 31.6 Å². The maximum absolute atomic E-state index is 13.0. The number of carbonyl (C=O) groups is 1. The molecule has 4 aromatic rings. The van der Waals surface area contributed by atoms with Gasteiger partial charge < -0.3 is 9.32 Å². The molecule has 8 nitrogen and oxygen atoms in total. The van der Waals surface area contributed by atoms with Gasteiger partial charge in [-0.25, -0.2) is 19.0 Å². The first kappa shape index (κ1) is 20.0. The first-order valence-corrected chi connectivity index (χ1v) is 10.6. The van der Waals surface area contributed by atoms with Crippen LogP contribution in [0.3, 0.4) is 0 Å². The zero-order valence-corrected chi connectivity index (χ0v) is 17.7. The van der Waals surface area contributed by atoms with Crippen molar-refractivity contribution in [1.29, 1.82) is 0 Å². The van der Waals surface area contributed by atoms with Gasteiger partial charge in [-0.1, -0.05) is 36.4 Å².